The first-order valence-corrected chi connectivity index (χ1v) is 10.6. The Balaban J connectivity index is 1.68. The molecule has 164 valence electrons. The fraction of sp³-hybridized carbons (Fsp3) is 0.375. The number of benzene rings is 2. The van der Waals surface area contributed by atoms with Gasteiger partial charge >= 0.3 is 5.97 Å². The largest absolute Gasteiger partial charge is 0.508 e. The maximum Gasteiger partial charge on any atom is 0.328 e. The van der Waals surface area contributed by atoms with E-state index >= 15 is 0 Å². The van der Waals surface area contributed by atoms with Gasteiger partial charge in [-0.05, 0) is 43.0 Å². The molecule has 0 aromatic heterocycles. The van der Waals surface area contributed by atoms with Crippen molar-refractivity contribution in [1.29, 1.82) is 0 Å². The van der Waals surface area contributed by atoms with Crippen LogP contribution in [0.25, 0.3) is 0 Å². The summed E-state index contributed by atoms with van der Waals surface area (Å²) in [5.74, 6) is -0.853. The standard InChI is InChI=1S/C24H28N2O5/c1-2-31-24(30)20(15-18-10-12-19(27)13-11-18)25-23(29)21-9-6-14-26(21)22(28)16-17-7-4-3-5-8-17/h3-5,7-8,10-13,20-21,27H,2,6,9,14-16H2,1H3,(H,25,29)/t20-,21+/m1/s1. The number of carbonyl (C=O) groups excluding carboxylic acids is 3. The van der Waals surface area contributed by atoms with Crippen LogP contribution in [0, 0.1) is 0 Å². The Morgan fingerprint density at radius 3 is 2.48 bits per heavy atom. The van der Waals surface area contributed by atoms with Gasteiger partial charge in [0.15, 0.2) is 0 Å². The van der Waals surface area contributed by atoms with Crippen LogP contribution in [0.1, 0.15) is 30.9 Å². The average molecular weight is 424 g/mol. The molecule has 1 fully saturated rings. The summed E-state index contributed by atoms with van der Waals surface area (Å²) < 4.78 is 5.13. The zero-order valence-electron chi connectivity index (χ0n) is 17.6. The lowest BCUT2D eigenvalue weighted by Crippen LogP contribution is -2.52. The monoisotopic (exact) mass is 424 g/mol. The van der Waals surface area contributed by atoms with E-state index in [1.165, 1.54) is 12.1 Å². The van der Waals surface area contributed by atoms with Gasteiger partial charge in [0.1, 0.15) is 17.8 Å². The number of aromatic hydroxyl groups is 1. The number of esters is 1. The summed E-state index contributed by atoms with van der Waals surface area (Å²) >= 11 is 0. The fourth-order valence-corrected chi connectivity index (χ4v) is 3.78. The van der Waals surface area contributed by atoms with E-state index in [0.29, 0.717) is 13.0 Å². The fourth-order valence-electron chi connectivity index (χ4n) is 3.78. The van der Waals surface area contributed by atoms with Gasteiger partial charge in [-0.15, -0.1) is 0 Å². The van der Waals surface area contributed by atoms with Gasteiger partial charge in [-0.3, -0.25) is 9.59 Å². The molecule has 7 nitrogen and oxygen atoms in total. The summed E-state index contributed by atoms with van der Waals surface area (Å²) in [4.78, 5) is 39.9. The summed E-state index contributed by atoms with van der Waals surface area (Å²) in [7, 11) is 0. The Hall–Kier alpha value is -3.35. The second-order valence-electron chi connectivity index (χ2n) is 7.59. The molecule has 0 unspecified atom stereocenters. The average Bonchev–Trinajstić information content (AvgIpc) is 3.26. The molecule has 2 aromatic carbocycles. The van der Waals surface area contributed by atoms with E-state index in [9.17, 15) is 19.5 Å². The van der Waals surface area contributed by atoms with Crippen molar-refractivity contribution in [3.05, 3.63) is 65.7 Å². The molecule has 2 atom stereocenters. The van der Waals surface area contributed by atoms with Crippen LogP contribution in [0.4, 0.5) is 0 Å². The van der Waals surface area contributed by atoms with Crippen LogP contribution in [-0.4, -0.2) is 53.0 Å². The number of ether oxygens (including phenoxy) is 1. The van der Waals surface area contributed by atoms with Crippen LogP contribution < -0.4 is 5.32 Å². The first-order chi connectivity index (χ1) is 15.0. The minimum atomic E-state index is -0.872. The number of hydrogen-bond donors (Lipinski definition) is 2. The molecule has 0 saturated carbocycles. The van der Waals surface area contributed by atoms with E-state index in [2.05, 4.69) is 5.32 Å². The van der Waals surface area contributed by atoms with E-state index in [1.54, 1.807) is 24.0 Å². The molecule has 0 bridgehead atoms. The van der Waals surface area contributed by atoms with E-state index in [0.717, 1.165) is 17.5 Å². The van der Waals surface area contributed by atoms with Crippen LogP contribution in [0.3, 0.4) is 0 Å². The Labute approximate surface area is 182 Å². The van der Waals surface area contributed by atoms with Gasteiger partial charge in [0.25, 0.3) is 0 Å². The smallest absolute Gasteiger partial charge is 0.328 e. The summed E-state index contributed by atoms with van der Waals surface area (Å²) in [6.07, 6.45) is 1.76. The lowest BCUT2D eigenvalue weighted by molar-refractivity contribution is -0.148. The number of hydrogen-bond acceptors (Lipinski definition) is 5. The number of likely N-dealkylation sites (tertiary alicyclic amines) is 1. The lowest BCUT2D eigenvalue weighted by atomic mass is 10.0. The van der Waals surface area contributed by atoms with E-state index < -0.39 is 18.1 Å². The number of amides is 2. The number of rotatable bonds is 8. The van der Waals surface area contributed by atoms with Gasteiger partial charge in [-0.1, -0.05) is 42.5 Å². The summed E-state index contributed by atoms with van der Waals surface area (Å²) in [5.41, 5.74) is 1.68. The van der Waals surface area contributed by atoms with Crippen molar-refractivity contribution in [2.24, 2.45) is 0 Å². The first kappa shape index (κ1) is 22.3. The van der Waals surface area contributed by atoms with Gasteiger partial charge < -0.3 is 20.1 Å². The number of nitrogens with zero attached hydrogens (tertiary/aromatic N) is 1. The van der Waals surface area contributed by atoms with Crippen LogP contribution in [0.2, 0.25) is 0 Å². The molecular formula is C24H28N2O5. The zero-order valence-corrected chi connectivity index (χ0v) is 17.6. The molecule has 0 radical (unpaired) electrons. The Kier molecular flexibility index (Phi) is 7.65. The Morgan fingerprint density at radius 2 is 1.81 bits per heavy atom. The molecule has 31 heavy (non-hydrogen) atoms. The van der Waals surface area contributed by atoms with E-state index in [4.69, 9.17) is 4.74 Å². The predicted molar refractivity (Wildman–Crippen MR) is 115 cm³/mol. The molecular weight excluding hydrogens is 396 g/mol. The van der Waals surface area contributed by atoms with Crippen molar-refractivity contribution >= 4 is 17.8 Å². The SMILES string of the molecule is CCOC(=O)[C@@H](Cc1ccc(O)cc1)NC(=O)[C@@H]1CCCN1C(=O)Cc1ccccc1. The molecule has 1 heterocycles. The van der Waals surface area contributed by atoms with Crippen LogP contribution >= 0.6 is 0 Å². The molecule has 2 N–H and O–H groups in total. The molecule has 7 heteroatoms. The van der Waals surface area contributed by atoms with Crippen molar-refractivity contribution in [1.82, 2.24) is 10.2 Å². The number of phenolic OH excluding ortho intramolecular Hbond substituents is 1. The molecule has 1 aliphatic heterocycles. The molecule has 1 saturated heterocycles. The highest BCUT2D eigenvalue weighted by Gasteiger charge is 2.36. The van der Waals surface area contributed by atoms with E-state index in [-0.39, 0.29) is 37.0 Å². The first-order valence-electron chi connectivity index (χ1n) is 10.6. The summed E-state index contributed by atoms with van der Waals surface area (Å²) in [6, 6.07) is 14.4. The van der Waals surface area contributed by atoms with Gasteiger partial charge in [0.05, 0.1) is 13.0 Å². The highest BCUT2D eigenvalue weighted by Crippen LogP contribution is 2.20. The van der Waals surface area contributed by atoms with Crippen LogP contribution in [0.5, 0.6) is 5.75 Å². The normalized spacial score (nSPS) is 16.5. The van der Waals surface area contributed by atoms with Crippen LogP contribution in [0.15, 0.2) is 54.6 Å². The van der Waals surface area contributed by atoms with Gasteiger partial charge in [-0.2, -0.15) is 0 Å². The van der Waals surface area contributed by atoms with Gasteiger partial charge in [0.2, 0.25) is 11.8 Å². The molecule has 1 aliphatic rings. The molecule has 0 aliphatic carbocycles. The maximum atomic E-state index is 13.0. The van der Waals surface area contributed by atoms with Crippen molar-refractivity contribution < 1.29 is 24.2 Å². The van der Waals surface area contributed by atoms with Crippen molar-refractivity contribution in [2.45, 2.75) is 44.7 Å². The molecule has 0 spiro atoms. The zero-order chi connectivity index (χ0) is 22.2. The van der Waals surface area contributed by atoms with Crippen molar-refractivity contribution in [3.8, 4) is 5.75 Å². The highest BCUT2D eigenvalue weighted by molar-refractivity contribution is 5.91. The third kappa shape index (κ3) is 6.07. The second kappa shape index (κ2) is 10.6. The van der Waals surface area contributed by atoms with Crippen molar-refractivity contribution in [2.75, 3.05) is 13.2 Å². The minimum absolute atomic E-state index is 0.102. The maximum absolute atomic E-state index is 13.0. The van der Waals surface area contributed by atoms with Gasteiger partial charge in [-0.25, -0.2) is 4.79 Å². The third-order valence-electron chi connectivity index (χ3n) is 5.34. The molecule has 2 aromatic rings. The highest BCUT2D eigenvalue weighted by atomic mass is 16.5. The second-order valence-corrected chi connectivity index (χ2v) is 7.59. The topological polar surface area (TPSA) is 95.9 Å². The van der Waals surface area contributed by atoms with Crippen molar-refractivity contribution in [3.63, 3.8) is 0 Å². The Morgan fingerprint density at radius 1 is 1.10 bits per heavy atom. The van der Waals surface area contributed by atoms with Gasteiger partial charge in [0, 0.05) is 13.0 Å². The van der Waals surface area contributed by atoms with Crippen LogP contribution in [-0.2, 0) is 32.0 Å². The Bertz CT molecular complexity index is 898. The summed E-state index contributed by atoms with van der Waals surface area (Å²) in [5, 5.41) is 12.2. The number of carbonyl (C=O) groups is 3. The quantitative estimate of drug-likeness (QED) is 0.634. The predicted octanol–water partition coefficient (Wildman–Crippen LogP) is 2.22. The number of nitrogens with one attached hydrogen (secondary N) is 1. The minimum Gasteiger partial charge on any atom is -0.508 e. The third-order valence-corrected chi connectivity index (χ3v) is 5.34. The lowest BCUT2D eigenvalue weighted by Gasteiger charge is -2.26. The molecule has 2 amide bonds. The summed E-state index contributed by atoms with van der Waals surface area (Å²) in [6.45, 7) is 2.43. The number of phenols is 1. The molecule has 3 rings (SSSR count). The van der Waals surface area contributed by atoms with E-state index in [1.807, 2.05) is 30.3 Å².